The van der Waals surface area contributed by atoms with Crippen LogP contribution in [0.3, 0.4) is 0 Å². The quantitative estimate of drug-likeness (QED) is 0.824. The van der Waals surface area contributed by atoms with Gasteiger partial charge in [-0.05, 0) is 50.4 Å². The smallest absolute Gasteiger partial charge is 0.0468 e. The van der Waals surface area contributed by atoms with Crippen molar-refractivity contribution in [3.8, 4) is 0 Å². The zero-order chi connectivity index (χ0) is 12.8. The number of ether oxygens (including phenoxy) is 1. The highest BCUT2D eigenvalue weighted by Crippen LogP contribution is 2.27. The Morgan fingerprint density at radius 1 is 1.39 bits per heavy atom. The third-order valence-electron chi connectivity index (χ3n) is 3.62. The van der Waals surface area contributed by atoms with E-state index < -0.39 is 0 Å². The summed E-state index contributed by atoms with van der Waals surface area (Å²) >= 11 is 1.99. The van der Waals surface area contributed by atoms with Gasteiger partial charge in [0.2, 0.25) is 0 Å². The van der Waals surface area contributed by atoms with E-state index in [9.17, 15) is 0 Å². The molecule has 1 aromatic carbocycles. The molecule has 1 aromatic rings. The third-order valence-corrected chi connectivity index (χ3v) is 4.84. The highest BCUT2D eigenvalue weighted by atomic mass is 32.2. The molecule has 1 fully saturated rings. The molecule has 1 aliphatic rings. The number of benzene rings is 1. The lowest BCUT2D eigenvalue weighted by atomic mass is 10.0. The van der Waals surface area contributed by atoms with Crippen molar-refractivity contribution in [2.24, 2.45) is 5.92 Å². The second-order valence-corrected chi connectivity index (χ2v) is 6.04. The summed E-state index contributed by atoms with van der Waals surface area (Å²) in [5.41, 5.74) is 1.37. The van der Waals surface area contributed by atoms with Gasteiger partial charge in [-0.25, -0.2) is 0 Å². The fourth-order valence-corrected chi connectivity index (χ4v) is 3.32. The number of rotatable bonds is 5. The predicted molar refractivity (Wildman–Crippen MR) is 78.2 cm³/mol. The molecule has 0 amide bonds. The fraction of sp³-hybridized carbons (Fsp3) is 0.600. The van der Waals surface area contributed by atoms with Crippen LogP contribution in [0.25, 0.3) is 0 Å². The summed E-state index contributed by atoms with van der Waals surface area (Å²) in [4.78, 5) is 1.39. The average molecular weight is 265 g/mol. The summed E-state index contributed by atoms with van der Waals surface area (Å²) in [6, 6.07) is 9.31. The Kier molecular flexibility index (Phi) is 5.54. The molecule has 18 heavy (non-hydrogen) atoms. The Bertz CT molecular complexity index is 363. The molecule has 1 N–H and O–H groups in total. The van der Waals surface area contributed by atoms with Crippen LogP contribution in [0.15, 0.2) is 29.2 Å². The summed E-state index contributed by atoms with van der Waals surface area (Å²) in [6.45, 7) is 4.09. The van der Waals surface area contributed by atoms with Gasteiger partial charge in [0.25, 0.3) is 0 Å². The number of thioether (sulfide) groups is 1. The molecule has 0 aliphatic carbocycles. The zero-order valence-electron chi connectivity index (χ0n) is 11.3. The summed E-state index contributed by atoms with van der Waals surface area (Å²) in [5.74, 6) is 2.05. The van der Waals surface area contributed by atoms with E-state index in [-0.39, 0.29) is 0 Å². The summed E-state index contributed by atoms with van der Waals surface area (Å²) in [6.07, 6.45) is 2.44. The van der Waals surface area contributed by atoms with Crippen molar-refractivity contribution >= 4 is 11.8 Å². The van der Waals surface area contributed by atoms with Gasteiger partial charge < -0.3 is 10.1 Å². The molecular formula is C15H23NOS. The van der Waals surface area contributed by atoms with E-state index >= 15 is 0 Å². The molecule has 0 aromatic heterocycles. The minimum atomic E-state index is 0.425. The van der Waals surface area contributed by atoms with E-state index in [1.165, 1.54) is 29.1 Å². The molecule has 1 unspecified atom stereocenters. The Labute approximate surface area is 114 Å². The van der Waals surface area contributed by atoms with Gasteiger partial charge in [-0.2, -0.15) is 0 Å². The van der Waals surface area contributed by atoms with Gasteiger partial charge in [0, 0.05) is 29.9 Å². The first kappa shape index (κ1) is 13.9. The van der Waals surface area contributed by atoms with Crippen molar-refractivity contribution in [1.29, 1.82) is 0 Å². The second-order valence-electron chi connectivity index (χ2n) is 4.95. The zero-order valence-corrected chi connectivity index (χ0v) is 12.1. The van der Waals surface area contributed by atoms with E-state index in [0.29, 0.717) is 6.04 Å². The lowest BCUT2D eigenvalue weighted by Crippen LogP contribution is -2.17. The van der Waals surface area contributed by atoms with Crippen molar-refractivity contribution in [3.63, 3.8) is 0 Å². The van der Waals surface area contributed by atoms with Crippen molar-refractivity contribution < 1.29 is 4.74 Å². The van der Waals surface area contributed by atoms with Crippen LogP contribution >= 0.6 is 11.8 Å². The highest BCUT2D eigenvalue weighted by molar-refractivity contribution is 7.99. The molecule has 1 heterocycles. The van der Waals surface area contributed by atoms with E-state index in [1.54, 1.807) is 0 Å². The molecule has 3 heteroatoms. The van der Waals surface area contributed by atoms with Crippen LogP contribution in [0.4, 0.5) is 0 Å². The minimum Gasteiger partial charge on any atom is -0.381 e. The maximum absolute atomic E-state index is 5.40. The molecule has 0 bridgehead atoms. The molecule has 2 rings (SSSR count). The van der Waals surface area contributed by atoms with Crippen LogP contribution in [0.2, 0.25) is 0 Å². The van der Waals surface area contributed by atoms with Gasteiger partial charge >= 0.3 is 0 Å². The predicted octanol–water partition coefficient (Wildman–Crippen LogP) is 3.49. The topological polar surface area (TPSA) is 21.3 Å². The first-order valence-corrected chi connectivity index (χ1v) is 7.76. The Hall–Kier alpha value is -0.510. The monoisotopic (exact) mass is 265 g/mol. The normalized spacial score (nSPS) is 18.8. The van der Waals surface area contributed by atoms with E-state index in [4.69, 9.17) is 4.74 Å². The number of hydrogen-bond acceptors (Lipinski definition) is 3. The standard InChI is InChI=1S/C15H23NOS/c1-12(16-2)14-4-3-5-15(10-14)18-11-13-6-8-17-9-7-13/h3-5,10,12-13,16H,6-9,11H2,1-2H3. The minimum absolute atomic E-state index is 0.425. The average Bonchev–Trinajstić information content (AvgIpc) is 2.45. The van der Waals surface area contributed by atoms with Gasteiger partial charge in [-0.3, -0.25) is 0 Å². The molecule has 0 saturated carbocycles. The van der Waals surface area contributed by atoms with Gasteiger partial charge in [0.05, 0.1) is 0 Å². The van der Waals surface area contributed by atoms with Gasteiger partial charge in [0.15, 0.2) is 0 Å². The van der Waals surface area contributed by atoms with Crippen molar-refractivity contribution in [2.75, 3.05) is 26.0 Å². The molecule has 0 spiro atoms. The van der Waals surface area contributed by atoms with E-state index in [1.807, 2.05) is 18.8 Å². The molecule has 1 atom stereocenters. The summed E-state index contributed by atoms with van der Waals surface area (Å²) in [7, 11) is 2.01. The highest BCUT2D eigenvalue weighted by Gasteiger charge is 2.14. The van der Waals surface area contributed by atoms with Gasteiger partial charge in [-0.1, -0.05) is 12.1 Å². The second kappa shape index (κ2) is 7.17. The van der Waals surface area contributed by atoms with Crippen LogP contribution in [-0.2, 0) is 4.74 Å². The van der Waals surface area contributed by atoms with Crippen LogP contribution in [0.1, 0.15) is 31.4 Å². The third kappa shape index (κ3) is 4.01. The van der Waals surface area contributed by atoms with Crippen LogP contribution in [-0.4, -0.2) is 26.0 Å². The number of hydrogen-bond donors (Lipinski definition) is 1. The SMILES string of the molecule is CNC(C)c1cccc(SCC2CCOCC2)c1. The lowest BCUT2D eigenvalue weighted by Gasteiger charge is -2.21. The summed E-state index contributed by atoms with van der Waals surface area (Å²) < 4.78 is 5.40. The van der Waals surface area contributed by atoms with Crippen molar-refractivity contribution in [2.45, 2.75) is 30.7 Å². The first-order chi connectivity index (χ1) is 8.79. The van der Waals surface area contributed by atoms with Crippen LogP contribution in [0, 0.1) is 5.92 Å². The van der Waals surface area contributed by atoms with Crippen molar-refractivity contribution in [3.05, 3.63) is 29.8 Å². The first-order valence-electron chi connectivity index (χ1n) is 6.77. The molecular weight excluding hydrogens is 242 g/mol. The van der Waals surface area contributed by atoms with Crippen molar-refractivity contribution in [1.82, 2.24) is 5.32 Å². The van der Waals surface area contributed by atoms with Crippen LogP contribution < -0.4 is 5.32 Å². The Balaban J connectivity index is 1.88. The lowest BCUT2D eigenvalue weighted by molar-refractivity contribution is 0.0728. The van der Waals surface area contributed by atoms with E-state index in [2.05, 4.69) is 36.5 Å². The van der Waals surface area contributed by atoms with Crippen LogP contribution in [0.5, 0.6) is 0 Å². The molecule has 1 aliphatic heterocycles. The molecule has 1 saturated heterocycles. The van der Waals surface area contributed by atoms with Gasteiger partial charge in [-0.15, -0.1) is 11.8 Å². The largest absolute Gasteiger partial charge is 0.381 e. The Morgan fingerprint density at radius 2 is 2.17 bits per heavy atom. The van der Waals surface area contributed by atoms with E-state index in [0.717, 1.165) is 19.1 Å². The molecule has 0 radical (unpaired) electrons. The summed E-state index contributed by atoms with van der Waals surface area (Å²) in [5, 5.41) is 3.29. The maximum atomic E-state index is 5.40. The van der Waals surface area contributed by atoms with Gasteiger partial charge in [0.1, 0.15) is 0 Å². The molecule has 2 nitrogen and oxygen atoms in total. The maximum Gasteiger partial charge on any atom is 0.0468 e. The fourth-order valence-electron chi connectivity index (χ4n) is 2.17. The molecule has 100 valence electrons. The number of nitrogens with one attached hydrogen (secondary N) is 1. The Morgan fingerprint density at radius 3 is 2.89 bits per heavy atom.